The van der Waals surface area contributed by atoms with E-state index in [1.165, 1.54) is 5.56 Å². The van der Waals surface area contributed by atoms with Gasteiger partial charge in [-0.2, -0.15) is 0 Å². The fourth-order valence-electron chi connectivity index (χ4n) is 7.47. The van der Waals surface area contributed by atoms with Crippen molar-refractivity contribution >= 4 is 77.6 Å². The molecule has 11 rings (SSSR count). The molecule has 0 spiro atoms. The molecule has 4 aromatic carbocycles. The largest absolute Gasteiger partial charge is 0.278 e. The summed E-state index contributed by atoms with van der Waals surface area (Å²) in [5.74, 6) is 1.31. The van der Waals surface area contributed by atoms with E-state index in [2.05, 4.69) is 111 Å². The maximum absolute atomic E-state index is 5.37. The van der Waals surface area contributed by atoms with Crippen molar-refractivity contribution in [3.63, 3.8) is 0 Å². The Morgan fingerprint density at radius 2 is 1.22 bits per heavy atom. The highest BCUT2D eigenvalue weighted by Crippen LogP contribution is 2.38. The molecular weight excluding hydrogens is 605 g/mol. The van der Waals surface area contributed by atoms with Gasteiger partial charge in [-0.3, -0.25) is 14.1 Å². The molecule has 1 aliphatic heterocycles. The molecule has 0 saturated carbocycles. The normalized spacial score (nSPS) is 12.7. The molecule has 0 aliphatic carbocycles. The summed E-state index contributed by atoms with van der Waals surface area (Å²) in [5, 5.41) is 6.27. The first-order valence-corrected chi connectivity index (χ1v) is 16.3. The van der Waals surface area contributed by atoms with Crippen LogP contribution in [-0.2, 0) is 6.42 Å². The van der Waals surface area contributed by atoms with E-state index in [4.69, 9.17) is 24.9 Å². The number of pyridine rings is 3. The van der Waals surface area contributed by atoms with Crippen LogP contribution in [0.1, 0.15) is 5.56 Å². The number of para-hydroxylation sites is 2. The van der Waals surface area contributed by atoms with Gasteiger partial charge in [0.15, 0.2) is 0 Å². The van der Waals surface area contributed by atoms with Crippen molar-refractivity contribution in [3.05, 3.63) is 133 Å². The second-order valence-corrected chi connectivity index (χ2v) is 12.4. The van der Waals surface area contributed by atoms with Crippen LogP contribution < -0.4 is 0 Å². The van der Waals surface area contributed by atoms with Crippen molar-refractivity contribution < 1.29 is 0 Å². The molecule has 49 heavy (non-hydrogen) atoms. The summed E-state index contributed by atoms with van der Waals surface area (Å²) < 4.78 is 4.21. The van der Waals surface area contributed by atoms with Gasteiger partial charge in [-0.1, -0.05) is 54.6 Å². The molecule has 0 amide bonds. The minimum absolute atomic E-state index is 0.537. The van der Waals surface area contributed by atoms with Crippen molar-refractivity contribution in [3.8, 4) is 23.0 Å². The fraction of sp³-hybridized carbons (Fsp3) is 0.0244. The molecule has 0 saturated heterocycles. The monoisotopic (exact) mass is 628 g/mol. The summed E-state index contributed by atoms with van der Waals surface area (Å²) >= 11 is 0. The summed E-state index contributed by atoms with van der Waals surface area (Å²) in [7, 11) is 0. The molecule has 8 heteroatoms. The van der Waals surface area contributed by atoms with Crippen LogP contribution in [0.4, 0.5) is 5.69 Å². The highest BCUT2D eigenvalue weighted by molar-refractivity contribution is 6.11. The van der Waals surface area contributed by atoms with Crippen molar-refractivity contribution in [1.29, 1.82) is 0 Å². The third kappa shape index (κ3) is 3.73. The van der Waals surface area contributed by atoms with Crippen molar-refractivity contribution in [2.75, 3.05) is 0 Å². The Bertz CT molecular complexity index is 2940. The van der Waals surface area contributed by atoms with E-state index in [0.717, 1.165) is 94.9 Å². The Hall–Kier alpha value is -6.80. The smallest absolute Gasteiger partial charge is 0.237 e. The maximum Gasteiger partial charge on any atom is 0.237 e. The SMILES string of the molecule is C1=Nc2cc(-c3nc(-n4c5ccccc5c5cccnc54)nc4c3ccc3ccc(-n5c6ccccc6c6cccnc65)nc34)ccc2C1. The first-order valence-electron chi connectivity index (χ1n) is 16.3. The van der Waals surface area contributed by atoms with Gasteiger partial charge < -0.3 is 0 Å². The lowest BCUT2D eigenvalue weighted by atomic mass is 10.0. The minimum atomic E-state index is 0.537. The highest BCUT2D eigenvalue weighted by Gasteiger charge is 2.21. The first-order chi connectivity index (χ1) is 24.3. The number of rotatable bonds is 3. The fourth-order valence-corrected chi connectivity index (χ4v) is 7.47. The average molecular weight is 629 g/mol. The van der Waals surface area contributed by atoms with Gasteiger partial charge in [0.1, 0.15) is 22.6 Å². The number of benzene rings is 4. The highest BCUT2D eigenvalue weighted by atomic mass is 15.2. The zero-order valence-corrected chi connectivity index (χ0v) is 26.0. The van der Waals surface area contributed by atoms with E-state index in [-0.39, 0.29) is 0 Å². The molecule has 0 fully saturated rings. The van der Waals surface area contributed by atoms with E-state index < -0.39 is 0 Å². The number of aromatic nitrogens is 7. The number of nitrogens with zero attached hydrogens (tertiary/aromatic N) is 8. The first kappa shape index (κ1) is 26.3. The Kier molecular flexibility index (Phi) is 5.29. The van der Waals surface area contributed by atoms with Gasteiger partial charge in [0.05, 0.1) is 27.9 Å². The lowest BCUT2D eigenvalue weighted by Crippen LogP contribution is -2.05. The molecular formula is C41H24N8. The zero-order valence-electron chi connectivity index (χ0n) is 26.0. The molecule has 6 aromatic heterocycles. The van der Waals surface area contributed by atoms with Crippen LogP contribution in [0.5, 0.6) is 0 Å². The Morgan fingerprint density at radius 1 is 0.531 bits per heavy atom. The predicted molar refractivity (Wildman–Crippen MR) is 196 cm³/mol. The van der Waals surface area contributed by atoms with Gasteiger partial charge in [0.25, 0.3) is 0 Å². The van der Waals surface area contributed by atoms with Crippen molar-refractivity contribution in [1.82, 2.24) is 34.1 Å². The summed E-state index contributed by atoms with van der Waals surface area (Å²) in [6.07, 6.45) is 6.46. The number of aliphatic imine (C=N–C) groups is 1. The number of fused-ring (bicyclic) bond motifs is 10. The van der Waals surface area contributed by atoms with Crippen molar-refractivity contribution in [2.24, 2.45) is 4.99 Å². The van der Waals surface area contributed by atoms with Gasteiger partial charge in [-0.15, -0.1) is 0 Å². The second-order valence-electron chi connectivity index (χ2n) is 12.4. The van der Waals surface area contributed by atoms with E-state index in [1.807, 2.05) is 36.8 Å². The molecule has 0 atom stereocenters. The molecule has 7 heterocycles. The summed E-state index contributed by atoms with van der Waals surface area (Å²) in [6, 6.07) is 39.7. The Morgan fingerprint density at radius 3 is 2.02 bits per heavy atom. The Balaban J connectivity index is 1.26. The van der Waals surface area contributed by atoms with Crippen molar-refractivity contribution in [2.45, 2.75) is 6.42 Å². The van der Waals surface area contributed by atoms with Gasteiger partial charge in [0, 0.05) is 62.9 Å². The van der Waals surface area contributed by atoms with Crippen LogP contribution in [-0.4, -0.2) is 40.3 Å². The average Bonchev–Trinajstić information content (AvgIpc) is 3.86. The van der Waals surface area contributed by atoms with Gasteiger partial charge in [-0.25, -0.2) is 24.9 Å². The molecule has 228 valence electrons. The Labute approximate surface area is 278 Å². The van der Waals surface area contributed by atoms with Crippen LogP contribution >= 0.6 is 0 Å². The quantitative estimate of drug-likeness (QED) is 0.182. The molecule has 10 aromatic rings. The zero-order chi connectivity index (χ0) is 32.1. The van der Waals surface area contributed by atoms with E-state index in [0.29, 0.717) is 5.95 Å². The van der Waals surface area contributed by atoms with E-state index in [1.54, 1.807) is 0 Å². The predicted octanol–water partition coefficient (Wildman–Crippen LogP) is 9.09. The number of hydrogen-bond donors (Lipinski definition) is 0. The minimum Gasteiger partial charge on any atom is -0.278 e. The molecule has 0 N–H and O–H groups in total. The van der Waals surface area contributed by atoms with E-state index in [9.17, 15) is 0 Å². The van der Waals surface area contributed by atoms with Crippen LogP contribution in [0.15, 0.2) is 133 Å². The van der Waals surface area contributed by atoms with E-state index >= 15 is 0 Å². The summed E-state index contributed by atoms with van der Waals surface area (Å²) in [6.45, 7) is 0. The van der Waals surface area contributed by atoms with Crippen LogP contribution in [0.25, 0.3) is 88.7 Å². The second kappa shape index (κ2) is 9.85. The van der Waals surface area contributed by atoms with Gasteiger partial charge in [0.2, 0.25) is 5.95 Å². The maximum atomic E-state index is 5.37. The number of hydrogen-bond acceptors (Lipinski definition) is 6. The standard InChI is InChI=1S/C41H24N8/c1-3-11-33-27(7-1)29-9-5-20-43-39(29)48(33)35-18-16-25-15-17-31-36(26-14-13-24-19-22-42-32(24)23-26)46-41(47-38(31)37(25)45-35)49-34-12-4-2-8-28(34)30-10-6-21-44-40(30)49/h1-18,20-23H,19H2. The molecule has 1 aliphatic rings. The van der Waals surface area contributed by atoms with Crippen LogP contribution in [0.2, 0.25) is 0 Å². The lowest BCUT2D eigenvalue weighted by Gasteiger charge is -2.14. The van der Waals surface area contributed by atoms with Gasteiger partial charge in [-0.05, 0) is 66.2 Å². The summed E-state index contributed by atoms with van der Waals surface area (Å²) in [5.41, 5.74) is 9.24. The lowest BCUT2D eigenvalue weighted by molar-refractivity contribution is 0.997. The van der Waals surface area contributed by atoms with Gasteiger partial charge >= 0.3 is 0 Å². The topological polar surface area (TPSA) is 86.7 Å². The van der Waals surface area contributed by atoms with Crippen LogP contribution in [0.3, 0.4) is 0 Å². The molecule has 0 unspecified atom stereocenters. The summed E-state index contributed by atoms with van der Waals surface area (Å²) in [4.78, 5) is 30.3. The third-order valence-corrected chi connectivity index (χ3v) is 9.70. The molecule has 8 nitrogen and oxygen atoms in total. The molecule has 0 radical (unpaired) electrons. The third-order valence-electron chi connectivity index (χ3n) is 9.70. The van der Waals surface area contributed by atoms with Crippen LogP contribution in [0, 0.1) is 0 Å². The molecule has 0 bridgehead atoms.